The van der Waals surface area contributed by atoms with Crippen molar-refractivity contribution in [3.63, 3.8) is 0 Å². The van der Waals surface area contributed by atoms with Gasteiger partial charge in [0.25, 0.3) is 0 Å². The van der Waals surface area contributed by atoms with E-state index >= 15 is 0 Å². The minimum absolute atomic E-state index is 0. The number of allylic oxidation sites excluding steroid dienone is 2. The molecular weight excluding hydrogens is 932 g/mol. The zero-order valence-electron chi connectivity index (χ0n) is 36.1. The van der Waals surface area contributed by atoms with E-state index < -0.39 is 47.7 Å². The van der Waals surface area contributed by atoms with Gasteiger partial charge in [-0.1, -0.05) is 12.1 Å². The Balaban J connectivity index is 0.00000422. The Morgan fingerprint density at radius 3 is 1.19 bits per heavy atom. The van der Waals surface area contributed by atoms with Crippen LogP contribution in [0, 0.1) is 17.3 Å². The molecule has 0 amide bonds. The number of benzene rings is 2. The highest BCUT2D eigenvalue weighted by Crippen LogP contribution is 2.58. The number of rotatable bonds is 15. The smallest absolute Gasteiger partial charge is 0.310 e. The first-order chi connectivity index (χ1) is 28.3. The van der Waals surface area contributed by atoms with E-state index in [-0.39, 0.29) is 93.0 Å². The molecule has 4 fully saturated rings. The topological polar surface area (TPSA) is 180 Å². The number of hydrogen-bond donors (Lipinski definition) is 2. The highest BCUT2D eigenvalue weighted by atomic mass is 79.9. The minimum atomic E-state index is -1.40. The molecule has 62 heavy (non-hydrogen) atoms. The number of nitrogens with zero attached hydrogens (tertiary/aromatic N) is 2. The van der Waals surface area contributed by atoms with Gasteiger partial charge >= 0.3 is 35.8 Å². The lowest BCUT2D eigenvalue weighted by molar-refractivity contribution is -0.904. The van der Waals surface area contributed by atoms with Crippen LogP contribution < -0.4 is 52.9 Å². The molecule has 4 atom stereocenters. The Bertz CT molecular complexity index is 1940. The van der Waals surface area contributed by atoms with E-state index in [1.807, 2.05) is 12.1 Å². The number of esters is 4. The second-order valence-corrected chi connectivity index (χ2v) is 17.6. The summed E-state index contributed by atoms with van der Waals surface area (Å²) < 4.78 is 22.3. The third kappa shape index (κ3) is 10.7. The predicted molar refractivity (Wildman–Crippen MR) is 218 cm³/mol. The Hall–Kier alpha value is -4.38. The molecule has 2 N–H and O–H groups in total. The van der Waals surface area contributed by atoms with E-state index in [1.54, 1.807) is 24.3 Å². The molecule has 0 aromatic heterocycles. The van der Waals surface area contributed by atoms with Gasteiger partial charge in [-0.25, -0.2) is 0 Å². The van der Waals surface area contributed by atoms with Gasteiger partial charge in [0, 0.05) is 79.1 Å². The van der Waals surface area contributed by atoms with E-state index in [1.165, 1.54) is 27.7 Å². The lowest BCUT2D eigenvalue weighted by Gasteiger charge is -2.54. The molecule has 6 rings (SSSR count). The highest BCUT2D eigenvalue weighted by molar-refractivity contribution is 5.82. The molecule has 14 nitrogen and oxygen atoms in total. The maximum atomic E-state index is 13.7. The van der Waals surface area contributed by atoms with Crippen molar-refractivity contribution in [1.29, 1.82) is 0 Å². The maximum Gasteiger partial charge on any atom is 0.310 e. The molecule has 4 saturated heterocycles. The van der Waals surface area contributed by atoms with Gasteiger partial charge < -0.3 is 63.1 Å². The van der Waals surface area contributed by atoms with Crippen LogP contribution in [0.15, 0.2) is 61.0 Å². The van der Waals surface area contributed by atoms with Crippen LogP contribution in [-0.4, -0.2) is 93.3 Å². The van der Waals surface area contributed by atoms with Crippen molar-refractivity contribution in [2.75, 3.05) is 14.1 Å². The van der Waals surface area contributed by atoms with Gasteiger partial charge in [0.2, 0.25) is 0 Å². The first kappa shape index (κ1) is 50.3. The molecule has 16 heteroatoms. The van der Waals surface area contributed by atoms with Crippen LogP contribution in [-0.2, 0) is 41.6 Å². The summed E-state index contributed by atoms with van der Waals surface area (Å²) in [5.41, 5.74) is 0.313. The number of ether oxygens (including phenoxy) is 4. The maximum absolute atomic E-state index is 13.7. The van der Waals surface area contributed by atoms with Crippen molar-refractivity contribution in [3.05, 3.63) is 72.1 Å². The minimum Gasteiger partial charge on any atom is -1.00 e. The fourth-order valence-electron chi connectivity index (χ4n) is 11.1. The van der Waals surface area contributed by atoms with E-state index in [0.29, 0.717) is 47.5 Å². The lowest BCUT2D eigenvalue weighted by Crippen LogP contribution is -3.00. The molecule has 4 unspecified atom stereocenters. The van der Waals surface area contributed by atoms with Crippen molar-refractivity contribution in [2.45, 2.75) is 122 Å². The number of piperidine rings is 2. The van der Waals surface area contributed by atoms with Gasteiger partial charge in [-0.3, -0.25) is 37.7 Å². The Kier molecular flexibility index (Phi) is 16.6. The largest absolute Gasteiger partial charge is 1.00 e. The van der Waals surface area contributed by atoms with Gasteiger partial charge in [-0.05, 0) is 72.2 Å². The van der Waals surface area contributed by atoms with Gasteiger partial charge in [-0.2, -0.15) is 0 Å². The third-order valence-electron chi connectivity index (χ3n) is 13.9. The van der Waals surface area contributed by atoms with E-state index in [0.717, 1.165) is 36.8 Å². The summed E-state index contributed by atoms with van der Waals surface area (Å²) in [6.07, 6.45) is 15.3. The number of carbonyl (C=O) groups is 6. The summed E-state index contributed by atoms with van der Waals surface area (Å²) in [6.45, 7) is 5.11. The van der Waals surface area contributed by atoms with Gasteiger partial charge in [0.1, 0.15) is 0 Å². The number of hydrogen-bond acceptors (Lipinski definition) is 10. The summed E-state index contributed by atoms with van der Waals surface area (Å²) in [4.78, 5) is 73.1. The Morgan fingerprint density at radius 1 is 0.581 bits per heavy atom. The van der Waals surface area contributed by atoms with E-state index in [4.69, 9.17) is 18.9 Å². The first-order valence-electron chi connectivity index (χ1n) is 20.8. The molecule has 4 bridgehead atoms. The van der Waals surface area contributed by atoms with E-state index in [2.05, 4.69) is 38.6 Å². The number of quaternary nitrogens is 2. The molecule has 0 aliphatic carbocycles. The normalized spacial score (nSPS) is 28.2. The van der Waals surface area contributed by atoms with Gasteiger partial charge in [0.15, 0.2) is 23.0 Å². The third-order valence-corrected chi connectivity index (χ3v) is 13.9. The van der Waals surface area contributed by atoms with Crippen molar-refractivity contribution < 1.29 is 101 Å². The quantitative estimate of drug-likeness (QED) is 0.144. The molecule has 4 heterocycles. The van der Waals surface area contributed by atoms with E-state index in [9.17, 15) is 39.0 Å². The summed E-state index contributed by atoms with van der Waals surface area (Å²) in [5.74, 6) is -4.12. The molecule has 0 radical (unpaired) electrons. The van der Waals surface area contributed by atoms with Crippen molar-refractivity contribution in [1.82, 2.24) is 0 Å². The summed E-state index contributed by atoms with van der Waals surface area (Å²) in [7, 11) is 4.37. The standard InChI is InChI=1S/C46H56N2O12.2BrH/c1-28(49)57-40-17-11-32(21-42(40)59-30(3)51)9-7-19-47(5)36-13-14-37(47)24-34(23-36)46(45(55)56,27-44(53)54)35-25-38-15-16-39(26-35)48(38,6)20-8-10-33-12-18-41(58-29(2)50)43(22-33)60-31(4)52;;/h7-8,11-12,17-22,34-39H,9-10,13-16,23-27H2,1-6H3;2*1H. The average Bonchev–Trinajstić information content (AvgIpc) is 3.38. The number of aliphatic carboxylic acids is 2. The second kappa shape index (κ2) is 20.4. The van der Waals surface area contributed by atoms with Crippen LogP contribution in [0.2, 0.25) is 0 Å². The molecule has 2 aromatic carbocycles. The summed E-state index contributed by atoms with van der Waals surface area (Å²) in [6, 6.07) is 10.7. The van der Waals surface area contributed by atoms with Crippen LogP contribution in [0.5, 0.6) is 23.0 Å². The van der Waals surface area contributed by atoms with Crippen LogP contribution in [0.1, 0.15) is 96.6 Å². The predicted octanol–water partition coefficient (Wildman–Crippen LogP) is 0.529. The number of fused-ring (bicyclic) bond motifs is 4. The Labute approximate surface area is 383 Å². The number of carbonyl (C=O) groups excluding carboxylic acids is 4. The number of halogens is 2. The van der Waals surface area contributed by atoms with Crippen LogP contribution in [0.25, 0.3) is 0 Å². The number of carboxylic acids is 2. The summed E-state index contributed by atoms with van der Waals surface area (Å²) in [5, 5.41) is 21.6. The first-order valence-corrected chi connectivity index (χ1v) is 20.8. The molecule has 338 valence electrons. The molecule has 0 saturated carbocycles. The zero-order valence-corrected chi connectivity index (χ0v) is 39.3. The fourth-order valence-corrected chi connectivity index (χ4v) is 11.1. The second-order valence-electron chi connectivity index (χ2n) is 17.6. The zero-order chi connectivity index (χ0) is 43.6. The van der Waals surface area contributed by atoms with Crippen LogP contribution >= 0.6 is 0 Å². The van der Waals surface area contributed by atoms with Crippen LogP contribution in [0.4, 0.5) is 0 Å². The molecule has 2 aromatic rings. The van der Waals surface area contributed by atoms with Crippen molar-refractivity contribution in [3.8, 4) is 23.0 Å². The fraction of sp³-hybridized carbons (Fsp3) is 0.522. The molecular formula is C46H58Br2N2O12. The average molecular weight is 991 g/mol. The van der Waals surface area contributed by atoms with Crippen molar-refractivity contribution >= 4 is 35.8 Å². The SMILES string of the molecule is CC(=O)Oc1ccc(CC=C[N+]2(C)C3CCC2CC(C(CC(=O)O)(C(=O)O)C2CC4CCC(C2)[N+]4(C)C=CCc2ccc(OC(C)=O)c(OC(C)=O)c2)C3)cc1OC(C)=O.[Br-].[Br-]. The number of carboxylic acid groups (broad SMARTS) is 2. The lowest BCUT2D eigenvalue weighted by atomic mass is 9.57. The summed E-state index contributed by atoms with van der Waals surface area (Å²) >= 11 is 0. The molecule has 4 aliphatic rings. The molecule has 0 spiro atoms. The monoisotopic (exact) mass is 988 g/mol. The van der Waals surface area contributed by atoms with Crippen molar-refractivity contribution in [2.24, 2.45) is 17.3 Å². The van der Waals surface area contributed by atoms with Gasteiger partial charge in [0.05, 0.1) is 62.5 Å². The Morgan fingerprint density at radius 2 is 0.903 bits per heavy atom. The highest BCUT2D eigenvalue weighted by Gasteiger charge is 2.64. The van der Waals surface area contributed by atoms with Gasteiger partial charge in [-0.15, -0.1) is 0 Å². The molecule has 4 aliphatic heterocycles. The van der Waals surface area contributed by atoms with Crippen LogP contribution in [0.3, 0.4) is 0 Å².